The highest BCUT2D eigenvalue weighted by Gasteiger charge is 2.68. The number of ketones is 1. The zero-order chi connectivity index (χ0) is 19.3. The Bertz CT molecular complexity index is 698. The van der Waals surface area contributed by atoms with E-state index in [-0.39, 0.29) is 19.0 Å². The molecule has 1 fully saturated rings. The van der Waals surface area contributed by atoms with Gasteiger partial charge < -0.3 is 14.2 Å². The van der Waals surface area contributed by atoms with Gasteiger partial charge in [-0.2, -0.15) is 0 Å². The molecule has 1 unspecified atom stereocenters. The summed E-state index contributed by atoms with van der Waals surface area (Å²) in [5.41, 5.74) is -1.85. The van der Waals surface area contributed by atoms with Crippen molar-refractivity contribution >= 4 is 35.5 Å². The Morgan fingerprint density at radius 1 is 1.12 bits per heavy atom. The van der Waals surface area contributed by atoms with E-state index in [9.17, 15) is 23.6 Å². The number of hydrogen-bond donors (Lipinski definition) is 0. The van der Waals surface area contributed by atoms with Crippen LogP contribution in [0.3, 0.4) is 0 Å². The molecule has 1 aromatic carbocycles. The van der Waals surface area contributed by atoms with Crippen LogP contribution in [-0.2, 0) is 39.1 Å². The van der Waals surface area contributed by atoms with Crippen molar-refractivity contribution in [3.8, 4) is 0 Å². The molecular formula is C17H17FO7S. The van der Waals surface area contributed by atoms with E-state index in [1.807, 2.05) is 0 Å². The van der Waals surface area contributed by atoms with Gasteiger partial charge >= 0.3 is 23.5 Å². The Hall–Kier alpha value is -2.42. The molecule has 1 atom stereocenters. The summed E-state index contributed by atoms with van der Waals surface area (Å²) in [5.74, 6) is -4.94. The van der Waals surface area contributed by atoms with Gasteiger partial charge in [0.25, 0.3) is 5.78 Å². The van der Waals surface area contributed by atoms with Gasteiger partial charge in [-0.15, -0.1) is 11.8 Å². The molecule has 0 aromatic heterocycles. The van der Waals surface area contributed by atoms with Crippen molar-refractivity contribution in [2.45, 2.75) is 30.5 Å². The number of Topliss-reactive ketones (excluding diaryl/α,β-unsaturated/α-hetero) is 1. The molecule has 1 aliphatic rings. The monoisotopic (exact) mass is 384 g/mol. The topological polar surface area (TPSA) is 96.0 Å². The molecule has 7 nitrogen and oxygen atoms in total. The number of benzene rings is 1. The summed E-state index contributed by atoms with van der Waals surface area (Å²) in [6, 6.07) is 5.44. The number of cyclic esters (lactones) is 1. The summed E-state index contributed by atoms with van der Waals surface area (Å²) in [4.78, 5) is 48.9. The van der Waals surface area contributed by atoms with E-state index >= 15 is 0 Å². The van der Waals surface area contributed by atoms with Gasteiger partial charge in [-0.25, -0.2) is 18.8 Å². The van der Waals surface area contributed by atoms with E-state index in [0.29, 0.717) is 5.56 Å². The van der Waals surface area contributed by atoms with Crippen molar-refractivity contribution in [2.75, 3.05) is 13.2 Å². The molecule has 26 heavy (non-hydrogen) atoms. The summed E-state index contributed by atoms with van der Waals surface area (Å²) in [6.45, 7) is 2.86. The van der Waals surface area contributed by atoms with Crippen LogP contribution >= 0.6 is 11.8 Å². The number of hydrogen-bond acceptors (Lipinski definition) is 8. The predicted molar refractivity (Wildman–Crippen MR) is 88.6 cm³/mol. The number of halogens is 1. The van der Waals surface area contributed by atoms with Crippen LogP contribution in [0.5, 0.6) is 0 Å². The van der Waals surface area contributed by atoms with Crippen molar-refractivity contribution in [1.29, 1.82) is 0 Å². The highest BCUT2D eigenvalue weighted by Crippen LogP contribution is 2.38. The molecule has 9 heteroatoms. The number of esters is 3. The lowest BCUT2D eigenvalue weighted by molar-refractivity contribution is -0.188. The van der Waals surface area contributed by atoms with Crippen LogP contribution in [0.4, 0.5) is 4.39 Å². The Balaban J connectivity index is 2.34. The van der Waals surface area contributed by atoms with Gasteiger partial charge in [-0.3, -0.25) is 4.79 Å². The lowest BCUT2D eigenvalue weighted by Crippen LogP contribution is -2.56. The molecule has 2 rings (SSSR count). The van der Waals surface area contributed by atoms with Crippen LogP contribution in [0.15, 0.2) is 24.3 Å². The van der Waals surface area contributed by atoms with Crippen molar-refractivity contribution in [3.05, 3.63) is 35.6 Å². The molecule has 0 bridgehead atoms. The maximum absolute atomic E-state index is 13.0. The van der Waals surface area contributed by atoms with E-state index < -0.39 is 40.4 Å². The van der Waals surface area contributed by atoms with Crippen molar-refractivity contribution < 1.29 is 37.8 Å². The summed E-state index contributed by atoms with van der Waals surface area (Å²) in [5, 5.41) is -1.46. The fraction of sp³-hybridized carbons (Fsp3) is 0.412. The molecule has 1 aliphatic heterocycles. The van der Waals surface area contributed by atoms with Gasteiger partial charge in [0.2, 0.25) is 0 Å². The molecule has 1 aromatic rings. The molecule has 0 saturated carbocycles. The number of carbonyl (C=O) groups excluding carboxylic acids is 4. The minimum atomic E-state index is -2.48. The third-order valence-electron chi connectivity index (χ3n) is 3.55. The maximum atomic E-state index is 13.0. The smallest absolute Gasteiger partial charge is 0.377 e. The zero-order valence-electron chi connectivity index (χ0n) is 14.2. The number of rotatable bonds is 7. The molecule has 0 aliphatic carbocycles. The molecule has 0 N–H and O–H groups in total. The van der Waals surface area contributed by atoms with Crippen molar-refractivity contribution in [2.24, 2.45) is 0 Å². The van der Waals surface area contributed by atoms with Crippen LogP contribution in [0.1, 0.15) is 19.4 Å². The summed E-state index contributed by atoms with van der Waals surface area (Å²) < 4.78 is 27.6. The van der Waals surface area contributed by atoms with Crippen molar-refractivity contribution in [3.63, 3.8) is 0 Å². The van der Waals surface area contributed by atoms with Crippen molar-refractivity contribution in [1.82, 2.24) is 0 Å². The first-order valence-electron chi connectivity index (χ1n) is 7.84. The number of thioether (sulfide) groups is 1. The molecule has 0 radical (unpaired) electrons. The second-order valence-corrected chi connectivity index (χ2v) is 6.34. The Morgan fingerprint density at radius 2 is 1.65 bits per heavy atom. The normalized spacial score (nSPS) is 18.3. The van der Waals surface area contributed by atoms with Gasteiger partial charge in [-0.1, -0.05) is 12.1 Å². The number of ether oxygens (including phenoxy) is 3. The third-order valence-corrected chi connectivity index (χ3v) is 4.93. The van der Waals surface area contributed by atoms with Gasteiger partial charge in [0.15, 0.2) is 0 Å². The minimum absolute atomic E-state index is 0.0823. The molecule has 140 valence electrons. The predicted octanol–water partition coefficient (Wildman–Crippen LogP) is 1.42. The van der Waals surface area contributed by atoms with Crippen LogP contribution in [0.25, 0.3) is 0 Å². The fourth-order valence-electron chi connectivity index (χ4n) is 2.35. The van der Waals surface area contributed by atoms with Gasteiger partial charge in [0.05, 0.1) is 13.2 Å². The Kier molecular flexibility index (Phi) is 6.36. The van der Waals surface area contributed by atoms with E-state index in [4.69, 9.17) is 14.2 Å². The fourth-order valence-corrected chi connectivity index (χ4v) is 3.63. The molecule has 0 amide bonds. The quantitative estimate of drug-likeness (QED) is 0.301. The standard InChI is InChI=1S/C17H17FO7S/c1-3-23-15(21)17(16(22)24-4-2)13(12(19)14(20)25-17)26-9-10-5-7-11(18)8-6-10/h5-8,13H,3-4,9H2,1-2H3. The largest absolute Gasteiger partial charge is 0.463 e. The van der Waals surface area contributed by atoms with Crippen LogP contribution in [0, 0.1) is 5.82 Å². The van der Waals surface area contributed by atoms with E-state index in [1.54, 1.807) is 0 Å². The molecule has 0 spiro atoms. The Labute approximate surface area is 153 Å². The summed E-state index contributed by atoms with van der Waals surface area (Å²) in [6.07, 6.45) is 0. The van der Waals surface area contributed by atoms with Crippen LogP contribution in [0.2, 0.25) is 0 Å². The van der Waals surface area contributed by atoms with Gasteiger partial charge in [-0.05, 0) is 31.5 Å². The molecular weight excluding hydrogens is 367 g/mol. The lowest BCUT2D eigenvalue weighted by Gasteiger charge is -2.27. The third kappa shape index (κ3) is 3.72. The van der Waals surface area contributed by atoms with Gasteiger partial charge in [0.1, 0.15) is 11.1 Å². The second kappa shape index (κ2) is 8.31. The zero-order valence-corrected chi connectivity index (χ0v) is 15.0. The van der Waals surface area contributed by atoms with Crippen LogP contribution in [-0.4, -0.2) is 47.8 Å². The first kappa shape index (κ1) is 19.9. The van der Waals surface area contributed by atoms with E-state index in [1.165, 1.54) is 38.1 Å². The summed E-state index contributed by atoms with van der Waals surface area (Å²) >= 11 is 0.851. The SMILES string of the molecule is CCOC(=O)C1(C(=O)OCC)OC(=O)C(=O)C1SCc1ccc(F)cc1. The number of carbonyl (C=O) groups is 4. The average Bonchev–Trinajstić information content (AvgIpc) is 2.87. The Morgan fingerprint density at radius 3 is 2.15 bits per heavy atom. The van der Waals surface area contributed by atoms with E-state index in [2.05, 4.69) is 0 Å². The van der Waals surface area contributed by atoms with E-state index in [0.717, 1.165) is 11.8 Å². The minimum Gasteiger partial charge on any atom is -0.463 e. The lowest BCUT2D eigenvalue weighted by atomic mass is 9.99. The highest BCUT2D eigenvalue weighted by molar-refractivity contribution is 8.00. The first-order chi connectivity index (χ1) is 12.4. The average molecular weight is 384 g/mol. The maximum Gasteiger partial charge on any atom is 0.377 e. The van der Waals surface area contributed by atoms with Crippen LogP contribution < -0.4 is 0 Å². The second-order valence-electron chi connectivity index (χ2n) is 5.25. The summed E-state index contributed by atoms with van der Waals surface area (Å²) in [7, 11) is 0. The first-order valence-corrected chi connectivity index (χ1v) is 8.89. The molecule has 1 saturated heterocycles. The van der Waals surface area contributed by atoms with Gasteiger partial charge in [0, 0.05) is 5.75 Å². The molecule has 1 heterocycles. The highest BCUT2D eigenvalue weighted by atomic mass is 32.2.